The van der Waals surface area contributed by atoms with Gasteiger partial charge in [-0.3, -0.25) is 0 Å². The van der Waals surface area contributed by atoms with E-state index in [1.807, 2.05) is 20.8 Å². The molecule has 0 aromatic rings. The van der Waals surface area contributed by atoms with Gasteiger partial charge in [0, 0.05) is 18.7 Å². The van der Waals surface area contributed by atoms with E-state index in [4.69, 9.17) is 4.74 Å². The molecule has 0 radical (unpaired) electrons. The highest BCUT2D eigenvalue weighted by Crippen LogP contribution is 1.97. The van der Waals surface area contributed by atoms with Crippen molar-refractivity contribution in [3.63, 3.8) is 0 Å². The van der Waals surface area contributed by atoms with Crippen molar-refractivity contribution in [1.82, 2.24) is 0 Å². The Morgan fingerprint density at radius 2 is 2.00 bits per heavy atom. The molecule has 64 valence electrons. The summed E-state index contributed by atoms with van der Waals surface area (Å²) in [4.78, 5) is 8.05. The van der Waals surface area contributed by atoms with Crippen LogP contribution in [0.2, 0.25) is 0 Å². The van der Waals surface area contributed by atoms with Crippen molar-refractivity contribution in [3.05, 3.63) is 0 Å². The van der Waals surface area contributed by atoms with E-state index in [0.717, 1.165) is 18.7 Å². The summed E-state index contributed by atoms with van der Waals surface area (Å²) >= 11 is 0. The van der Waals surface area contributed by atoms with Crippen LogP contribution >= 0.6 is 0 Å². The third-order valence-corrected chi connectivity index (χ3v) is 1.19. The smallest absolute Gasteiger partial charge is 0.311 e. The van der Waals surface area contributed by atoms with Crippen molar-refractivity contribution in [2.24, 2.45) is 9.98 Å². The second-order valence-electron chi connectivity index (χ2n) is 1.97. The molecule has 0 atom stereocenters. The van der Waals surface area contributed by atoms with Gasteiger partial charge < -0.3 is 4.74 Å². The van der Waals surface area contributed by atoms with Crippen LogP contribution in [0.15, 0.2) is 9.98 Å². The number of ether oxygens (including phenoxy) is 1. The monoisotopic (exact) mass is 156 g/mol. The lowest BCUT2D eigenvalue weighted by molar-refractivity contribution is 0.393. The molecule has 0 amide bonds. The maximum Gasteiger partial charge on any atom is 0.311 e. The fourth-order valence-corrected chi connectivity index (χ4v) is 0.678. The second kappa shape index (κ2) is 5.89. The molecular formula is C8H16N2O. The molecule has 3 heteroatoms. The van der Waals surface area contributed by atoms with Gasteiger partial charge >= 0.3 is 6.02 Å². The zero-order chi connectivity index (χ0) is 8.69. The van der Waals surface area contributed by atoms with Crippen LogP contribution in [0.5, 0.6) is 0 Å². The Bertz CT molecular complexity index is 161. The van der Waals surface area contributed by atoms with E-state index in [1.165, 1.54) is 0 Å². The highest BCUT2D eigenvalue weighted by Gasteiger charge is 2.02. The molecular weight excluding hydrogens is 140 g/mol. The van der Waals surface area contributed by atoms with E-state index < -0.39 is 0 Å². The van der Waals surface area contributed by atoms with Gasteiger partial charge in [-0.05, 0) is 6.92 Å². The van der Waals surface area contributed by atoms with Crippen LogP contribution in [0.25, 0.3) is 0 Å². The van der Waals surface area contributed by atoms with Crippen LogP contribution in [-0.4, -0.2) is 25.4 Å². The Labute approximate surface area is 68.2 Å². The summed E-state index contributed by atoms with van der Waals surface area (Å²) in [5, 5.41) is 0. The quantitative estimate of drug-likeness (QED) is 0.527. The van der Waals surface area contributed by atoms with Gasteiger partial charge in [-0.15, -0.1) is 0 Å². The molecule has 0 bridgehead atoms. The van der Waals surface area contributed by atoms with Crippen molar-refractivity contribution >= 4 is 11.7 Å². The Kier molecular flexibility index (Phi) is 5.43. The fraction of sp³-hybridized carbons (Fsp3) is 0.750. The highest BCUT2D eigenvalue weighted by atomic mass is 16.5. The first-order valence-corrected chi connectivity index (χ1v) is 3.95. The largest absolute Gasteiger partial charge is 0.467 e. The van der Waals surface area contributed by atoms with Crippen LogP contribution in [-0.2, 0) is 4.74 Å². The van der Waals surface area contributed by atoms with Crippen molar-refractivity contribution in [2.75, 3.05) is 13.7 Å². The standard InChI is InChI=1S/C6H10N2O.C2H6/c1-5-3-4-7-6(8-5)9-2;1-2/h3-4H2,1-2H3;1-2H3. The van der Waals surface area contributed by atoms with E-state index in [-0.39, 0.29) is 0 Å². The Hall–Kier alpha value is -0.860. The van der Waals surface area contributed by atoms with Crippen molar-refractivity contribution in [2.45, 2.75) is 27.2 Å². The molecule has 3 nitrogen and oxygen atoms in total. The summed E-state index contributed by atoms with van der Waals surface area (Å²) in [7, 11) is 1.58. The number of amidine groups is 1. The number of rotatable bonds is 0. The molecule has 0 aliphatic carbocycles. The summed E-state index contributed by atoms with van der Waals surface area (Å²) in [5.41, 5.74) is 1.10. The Morgan fingerprint density at radius 1 is 1.36 bits per heavy atom. The normalized spacial score (nSPS) is 15.6. The Morgan fingerprint density at radius 3 is 2.36 bits per heavy atom. The minimum absolute atomic E-state index is 0.513. The number of hydrogen-bond donors (Lipinski definition) is 0. The molecule has 0 spiro atoms. The van der Waals surface area contributed by atoms with Gasteiger partial charge in [0.05, 0.1) is 7.11 Å². The molecule has 1 aliphatic rings. The maximum atomic E-state index is 4.82. The van der Waals surface area contributed by atoms with E-state index in [9.17, 15) is 0 Å². The summed E-state index contributed by atoms with van der Waals surface area (Å²) in [6.45, 7) is 6.80. The maximum absolute atomic E-state index is 4.82. The van der Waals surface area contributed by atoms with Crippen molar-refractivity contribution in [3.8, 4) is 0 Å². The molecule has 1 heterocycles. The highest BCUT2D eigenvalue weighted by molar-refractivity contribution is 5.95. The van der Waals surface area contributed by atoms with E-state index in [0.29, 0.717) is 6.02 Å². The van der Waals surface area contributed by atoms with Gasteiger partial charge in [0.25, 0.3) is 0 Å². The topological polar surface area (TPSA) is 34.0 Å². The van der Waals surface area contributed by atoms with Crippen LogP contribution in [0.4, 0.5) is 0 Å². The minimum atomic E-state index is 0.513. The zero-order valence-corrected chi connectivity index (χ0v) is 7.72. The molecule has 0 aromatic carbocycles. The van der Waals surface area contributed by atoms with Gasteiger partial charge in [0.15, 0.2) is 0 Å². The molecule has 0 fully saturated rings. The zero-order valence-electron chi connectivity index (χ0n) is 7.72. The van der Waals surface area contributed by atoms with Gasteiger partial charge in [-0.1, -0.05) is 13.8 Å². The number of aliphatic imine (C=N–C) groups is 2. The lowest BCUT2D eigenvalue weighted by Gasteiger charge is -2.05. The number of nitrogens with zero attached hydrogens (tertiary/aromatic N) is 2. The minimum Gasteiger partial charge on any atom is -0.467 e. The molecule has 0 saturated carbocycles. The SMILES string of the molecule is CC.COC1=NCCC(C)=N1. The predicted molar refractivity (Wildman–Crippen MR) is 48.4 cm³/mol. The lowest BCUT2D eigenvalue weighted by atomic mass is 10.3. The number of hydrogen-bond acceptors (Lipinski definition) is 3. The first kappa shape index (κ1) is 10.1. The molecule has 0 N–H and O–H groups in total. The Balaban J connectivity index is 0.000000461. The third kappa shape index (κ3) is 3.75. The molecule has 0 aromatic heterocycles. The number of methoxy groups -OCH3 is 1. The average Bonchev–Trinajstić information content (AvgIpc) is 2.08. The first-order chi connectivity index (χ1) is 5.33. The van der Waals surface area contributed by atoms with E-state index in [2.05, 4.69) is 9.98 Å². The molecule has 0 unspecified atom stereocenters. The van der Waals surface area contributed by atoms with Crippen LogP contribution in [0.3, 0.4) is 0 Å². The fourth-order valence-electron chi connectivity index (χ4n) is 0.678. The molecule has 1 aliphatic heterocycles. The summed E-state index contributed by atoms with van der Waals surface area (Å²) in [6.07, 6.45) is 0.965. The van der Waals surface area contributed by atoms with Gasteiger partial charge in [0.2, 0.25) is 0 Å². The van der Waals surface area contributed by atoms with E-state index >= 15 is 0 Å². The molecule has 0 saturated heterocycles. The summed E-state index contributed by atoms with van der Waals surface area (Å²) in [6, 6.07) is 0.513. The first-order valence-electron chi connectivity index (χ1n) is 3.95. The van der Waals surface area contributed by atoms with Gasteiger partial charge in [0.1, 0.15) is 0 Å². The molecule has 11 heavy (non-hydrogen) atoms. The second-order valence-corrected chi connectivity index (χ2v) is 1.97. The van der Waals surface area contributed by atoms with Gasteiger partial charge in [-0.25, -0.2) is 9.98 Å². The lowest BCUT2D eigenvalue weighted by Crippen LogP contribution is -2.09. The van der Waals surface area contributed by atoms with E-state index in [1.54, 1.807) is 7.11 Å². The summed E-state index contributed by atoms with van der Waals surface area (Å²) < 4.78 is 4.82. The van der Waals surface area contributed by atoms with Crippen LogP contribution in [0.1, 0.15) is 27.2 Å². The average molecular weight is 156 g/mol. The van der Waals surface area contributed by atoms with Crippen molar-refractivity contribution < 1.29 is 4.74 Å². The van der Waals surface area contributed by atoms with Crippen molar-refractivity contribution in [1.29, 1.82) is 0 Å². The van der Waals surface area contributed by atoms with Crippen LogP contribution < -0.4 is 0 Å². The molecule has 1 rings (SSSR count). The van der Waals surface area contributed by atoms with Crippen LogP contribution in [0, 0.1) is 0 Å². The van der Waals surface area contributed by atoms with Gasteiger partial charge in [-0.2, -0.15) is 0 Å². The summed E-state index contributed by atoms with van der Waals surface area (Å²) in [5.74, 6) is 0. The predicted octanol–water partition coefficient (Wildman–Crippen LogP) is 1.88. The third-order valence-electron chi connectivity index (χ3n) is 1.19.